The van der Waals surface area contributed by atoms with E-state index in [1.54, 1.807) is 0 Å². The average molecular weight is 325 g/mol. The van der Waals surface area contributed by atoms with E-state index in [0.29, 0.717) is 6.61 Å². The van der Waals surface area contributed by atoms with Gasteiger partial charge in [-0.1, -0.05) is 116 Å². The Kier molecular flexibility index (Phi) is 27.2. The van der Waals surface area contributed by atoms with Crippen LogP contribution < -0.4 is 0 Å². The fraction of sp³-hybridized carbons (Fsp3) is 1.00. The molecule has 0 fully saturated rings. The van der Waals surface area contributed by atoms with Crippen LogP contribution in [0.25, 0.3) is 0 Å². The molecule has 0 rings (SSSR count). The Morgan fingerprint density at radius 3 is 0.909 bits per heavy atom. The van der Waals surface area contributed by atoms with Gasteiger partial charge in [-0.05, 0) is 6.42 Å². The Morgan fingerprint density at radius 2 is 0.682 bits per heavy atom. The summed E-state index contributed by atoms with van der Waals surface area (Å²) in [6, 6.07) is 0. The molecule has 0 spiro atoms. The van der Waals surface area contributed by atoms with Crippen molar-refractivity contribution in [3.63, 3.8) is 0 Å². The van der Waals surface area contributed by atoms with Gasteiger partial charge >= 0.3 is 23.1 Å². The van der Waals surface area contributed by atoms with Crippen LogP contribution in [0.1, 0.15) is 125 Å². The van der Waals surface area contributed by atoms with E-state index in [-0.39, 0.29) is 25.9 Å². The molecule has 0 saturated heterocycles. The van der Waals surface area contributed by atoms with Gasteiger partial charge in [-0.25, -0.2) is 0 Å². The summed E-state index contributed by atoms with van der Waals surface area (Å²) in [6.45, 7) is 2.66. The van der Waals surface area contributed by atoms with Crippen LogP contribution in [0, 0.1) is 0 Å². The quantitative estimate of drug-likeness (QED) is 0.215. The Bertz CT molecular complexity index is 165. The van der Waals surface area contributed by atoms with Crippen LogP contribution >= 0.6 is 0 Å². The van der Waals surface area contributed by atoms with Crippen LogP contribution in [0.5, 0.6) is 0 Å². The monoisotopic (exact) mass is 324 g/mol. The van der Waals surface area contributed by atoms with Gasteiger partial charge in [-0.15, -0.1) is 0 Å². The number of unbranched alkanes of at least 4 members (excludes halogenated alkanes) is 17. The van der Waals surface area contributed by atoms with Gasteiger partial charge in [-0.2, -0.15) is 0 Å². The molecule has 0 saturated carbocycles. The molecule has 1 nitrogen and oxygen atoms in total. The van der Waals surface area contributed by atoms with E-state index in [0.717, 1.165) is 6.42 Å². The van der Waals surface area contributed by atoms with Gasteiger partial charge in [0.25, 0.3) is 0 Å². The maximum atomic E-state index is 8.69. The first kappa shape index (κ1) is 25.0. The minimum Gasteiger partial charge on any atom is -1.00 e. The largest absolute Gasteiger partial charge is 2.00 e. The van der Waals surface area contributed by atoms with E-state index >= 15 is 0 Å². The van der Waals surface area contributed by atoms with Crippen LogP contribution in [0.15, 0.2) is 0 Å². The van der Waals surface area contributed by atoms with Gasteiger partial charge in [0.2, 0.25) is 0 Å². The molecular formula is C20H44MgO. The molecule has 0 aromatic carbocycles. The molecule has 0 amide bonds. The standard InChI is InChI=1S/C20H42O.Mg.2H/c1-2-3-4-5-6-7-8-9-10-11-12-13-14-15-16-17-18-19-20-21;;;/h21H,2-20H2,1H3;;;/q;+2;2*-1. The second-order valence-electron chi connectivity index (χ2n) is 6.73. The Morgan fingerprint density at radius 1 is 0.455 bits per heavy atom. The molecule has 0 aromatic rings. The van der Waals surface area contributed by atoms with Crippen LogP contribution in [0.2, 0.25) is 0 Å². The third-order valence-electron chi connectivity index (χ3n) is 4.51. The number of rotatable bonds is 18. The summed E-state index contributed by atoms with van der Waals surface area (Å²) >= 11 is 0. The summed E-state index contributed by atoms with van der Waals surface area (Å²) in [5, 5.41) is 8.69. The zero-order chi connectivity index (χ0) is 15.4. The van der Waals surface area contributed by atoms with Crippen molar-refractivity contribution in [3.05, 3.63) is 0 Å². The van der Waals surface area contributed by atoms with E-state index in [1.807, 2.05) is 0 Å². The molecule has 0 heterocycles. The van der Waals surface area contributed by atoms with Gasteiger partial charge in [0, 0.05) is 6.61 Å². The number of hydrogen-bond acceptors (Lipinski definition) is 1. The second kappa shape index (κ2) is 24.0. The molecular weight excluding hydrogens is 281 g/mol. The van der Waals surface area contributed by atoms with Crippen molar-refractivity contribution in [1.82, 2.24) is 0 Å². The molecule has 1 N–H and O–H groups in total. The van der Waals surface area contributed by atoms with E-state index in [2.05, 4.69) is 6.92 Å². The molecule has 0 aliphatic rings. The summed E-state index contributed by atoms with van der Waals surface area (Å²) in [5.41, 5.74) is 0. The minimum atomic E-state index is 0. The third kappa shape index (κ3) is 23.0. The van der Waals surface area contributed by atoms with E-state index < -0.39 is 0 Å². The SMILES string of the molecule is CCCCCCCCCCCCCCCCCCCCO.[H-].[H-].[Mg+2]. The zero-order valence-corrected chi connectivity index (χ0v) is 17.0. The summed E-state index contributed by atoms with van der Waals surface area (Å²) in [6.07, 6.45) is 25.1. The van der Waals surface area contributed by atoms with E-state index in [4.69, 9.17) is 5.11 Å². The molecule has 22 heavy (non-hydrogen) atoms. The minimum absolute atomic E-state index is 0. The number of aliphatic hydroxyl groups is 1. The van der Waals surface area contributed by atoms with Crippen molar-refractivity contribution < 1.29 is 7.96 Å². The third-order valence-corrected chi connectivity index (χ3v) is 4.51. The van der Waals surface area contributed by atoms with E-state index in [1.165, 1.54) is 109 Å². The molecule has 0 aliphatic carbocycles. The summed E-state index contributed by atoms with van der Waals surface area (Å²) in [4.78, 5) is 0. The van der Waals surface area contributed by atoms with Crippen LogP contribution in [0.3, 0.4) is 0 Å². The first-order valence-electron chi connectivity index (χ1n) is 10.0. The second-order valence-corrected chi connectivity index (χ2v) is 6.73. The molecule has 132 valence electrons. The van der Waals surface area contributed by atoms with Crippen molar-refractivity contribution >= 4 is 23.1 Å². The maximum Gasteiger partial charge on any atom is 2.00 e. The van der Waals surface area contributed by atoms with E-state index in [9.17, 15) is 0 Å². The summed E-state index contributed by atoms with van der Waals surface area (Å²) < 4.78 is 0. The van der Waals surface area contributed by atoms with Gasteiger partial charge in [0.15, 0.2) is 0 Å². The van der Waals surface area contributed by atoms with Crippen molar-refractivity contribution in [2.75, 3.05) is 6.61 Å². The number of hydrogen-bond donors (Lipinski definition) is 1. The predicted octanol–water partition coefficient (Wildman–Crippen LogP) is 6.86. The van der Waals surface area contributed by atoms with Crippen molar-refractivity contribution in [1.29, 1.82) is 0 Å². The Balaban J connectivity index is -0.000000667. The Labute approximate surface area is 160 Å². The number of aliphatic hydroxyl groups excluding tert-OH is 1. The first-order valence-corrected chi connectivity index (χ1v) is 10.0. The normalized spacial score (nSPS) is 10.6. The van der Waals surface area contributed by atoms with Crippen LogP contribution in [0.4, 0.5) is 0 Å². The average Bonchev–Trinajstić information content (AvgIpc) is 2.50. The molecule has 0 atom stereocenters. The molecule has 0 aliphatic heterocycles. The van der Waals surface area contributed by atoms with Crippen molar-refractivity contribution in [2.45, 2.75) is 122 Å². The van der Waals surface area contributed by atoms with Gasteiger partial charge in [0.05, 0.1) is 0 Å². The van der Waals surface area contributed by atoms with Gasteiger partial charge < -0.3 is 7.96 Å². The van der Waals surface area contributed by atoms with Crippen molar-refractivity contribution in [3.8, 4) is 0 Å². The zero-order valence-electron chi connectivity index (χ0n) is 17.6. The molecule has 0 bridgehead atoms. The first-order chi connectivity index (χ1) is 10.4. The molecule has 0 unspecified atom stereocenters. The predicted molar refractivity (Wildman–Crippen MR) is 104 cm³/mol. The van der Waals surface area contributed by atoms with Crippen LogP contribution in [-0.2, 0) is 0 Å². The maximum absolute atomic E-state index is 8.69. The topological polar surface area (TPSA) is 20.2 Å². The fourth-order valence-corrected chi connectivity index (χ4v) is 3.01. The summed E-state index contributed by atoms with van der Waals surface area (Å²) in [7, 11) is 0. The fourth-order valence-electron chi connectivity index (χ4n) is 3.01. The molecule has 2 heteroatoms. The molecule has 0 radical (unpaired) electrons. The van der Waals surface area contributed by atoms with Gasteiger partial charge in [0.1, 0.15) is 0 Å². The molecule has 0 aromatic heterocycles. The smallest absolute Gasteiger partial charge is 1.00 e. The van der Waals surface area contributed by atoms with Gasteiger partial charge in [-0.3, -0.25) is 0 Å². The summed E-state index contributed by atoms with van der Waals surface area (Å²) in [5.74, 6) is 0. The van der Waals surface area contributed by atoms with Crippen LogP contribution in [-0.4, -0.2) is 34.8 Å². The van der Waals surface area contributed by atoms with Crippen molar-refractivity contribution in [2.24, 2.45) is 0 Å². The Hall–Kier alpha value is 0.726.